The van der Waals surface area contributed by atoms with Gasteiger partial charge < -0.3 is 0 Å². The van der Waals surface area contributed by atoms with Gasteiger partial charge in [-0.3, -0.25) is 19.2 Å². The topological polar surface area (TPSA) is 74.8 Å². The summed E-state index contributed by atoms with van der Waals surface area (Å²) in [7, 11) is 0. The van der Waals surface area contributed by atoms with Crippen LogP contribution in [0.5, 0.6) is 0 Å². The van der Waals surface area contributed by atoms with Crippen LogP contribution in [0.4, 0.5) is 5.69 Å². The maximum absolute atomic E-state index is 13.2. The molecule has 3 aliphatic rings. The second kappa shape index (κ2) is 6.37. The molecule has 0 spiro atoms. The number of hydrogen-bond donors (Lipinski definition) is 0. The lowest BCUT2D eigenvalue weighted by Gasteiger charge is -2.24. The molecular weight excluding hydrogens is 332 g/mol. The number of hydrogen-bond acceptors (Lipinski definition) is 4. The summed E-state index contributed by atoms with van der Waals surface area (Å²) in [6.45, 7) is 0. The lowest BCUT2D eigenvalue weighted by Crippen LogP contribution is -2.37. The van der Waals surface area contributed by atoms with Crippen molar-refractivity contribution in [2.75, 3.05) is 4.90 Å². The first-order valence-electron chi connectivity index (χ1n) is 8.83. The maximum Gasteiger partial charge on any atom is 0.283 e. The van der Waals surface area contributed by atoms with Gasteiger partial charge in [0, 0.05) is 12.2 Å². The molecular formula is C20H18N2O4. The van der Waals surface area contributed by atoms with Crippen molar-refractivity contribution in [1.82, 2.24) is 4.90 Å². The van der Waals surface area contributed by atoms with Crippen molar-refractivity contribution in [1.29, 1.82) is 0 Å². The number of rotatable bonds is 3. The number of anilines is 1. The predicted molar refractivity (Wildman–Crippen MR) is 93.5 cm³/mol. The van der Waals surface area contributed by atoms with Crippen molar-refractivity contribution in [2.45, 2.75) is 32.1 Å². The van der Waals surface area contributed by atoms with Gasteiger partial charge in [0.25, 0.3) is 23.6 Å². The number of imide groups is 2. The molecule has 2 aliphatic heterocycles. The van der Waals surface area contributed by atoms with Gasteiger partial charge in [0.1, 0.15) is 5.70 Å². The van der Waals surface area contributed by atoms with E-state index in [0.29, 0.717) is 11.3 Å². The third-order valence-electron chi connectivity index (χ3n) is 5.15. The van der Waals surface area contributed by atoms with Crippen LogP contribution in [-0.2, 0) is 19.2 Å². The minimum Gasteiger partial charge on any atom is -0.269 e. The quantitative estimate of drug-likeness (QED) is 0.784. The standard InChI is InChI=1S/C20H18N2O4/c23-15-11-12-16(24)22(15)18-17(13-7-3-1-4-8-13)19(25)21(20(18)26)14-9-5-2-6-10-14/h2,5-6,9-13H,1,3-4,7-8H2. The molecule has 1 fully saturated rings. The van der Waals surface area contributed by atoms with Crippen molar-refractivity contribution >= 4 is 29.3 Å². The Morgan fingerprint density at radius 2 is 1.35 bits per heavy atom. The highest BCUT2D eigenvalue weighted by molar-refractivity contribution is 6.35. The van der Waals surface area contributed by atoms with Crippen LogP contribution in [0.2, 0.25) is 0 Å². The van der Waals surface area contributed by atoms with Crippen LogP contribution < -0.4 is 4.90 Å². The molecule has 0 atom stereocenters. The zero-order valence-electron chi connectivity index (χ0n) is 14.2. The fourth-order valence-electron chi connectivity index (χ4n) is 3.94. The number of carbonyl (C=O) groups excluding carboxylic acids is 4. The van der Waals surface area contributed by atoms with Gasteiger partial charge in [-0.05, 0) is 30.9 Å². The highest BCUT2D eigenvalue weighted by atomic mass is 16.2. The van der Waals surface area contributed by atoms with Gasteiger partial charge in [0.15, 0.2) is 0 Å². The van der Waals surface area contributed by atoms with Crippen LogP contribution in [0.25, 0.3) is 0 Å². The summed E-state index contributed by atoms with van der Waals surface area (Å²) in [4.78, 5) is 52.6. The Bertz CT molecular complexity index is 845. The van der Waals surface area contributed by atoms with Crippen LogP contribution in [-0.4, -0.2) is 28.5 Å². The number of carbonyl (C=O) groups is 4. The molecule has 0 aromatic heterocycles. The van der Waals surface area contributed by atoms with E-state index in [1.54, 1.807) is 30.3 Å². The molecule has 2 heterocycles. The molecule has 4 amide bonds. The SMILES string of the molecule is O=C1C=CC(=O)N1C1=C(C2CCCCC2)C(=O)N(c2ccccc2)C1=O. The molecule has 0 saturated heterocycles. The highest BCUT2D eigenvalue weighted by Crippen LogP contribution is 2.39. The molecule has 132 valence electrons. The summed E-state index contributed by atoms with van der Waals surface area (Å²) in [5, 5.41) is 0. The van der Waals surface area contributed by atoms with Gasteiger partial charge in [0.2, 0.25) is 0 Å². The largest absolute Gasteiger partial charge is 0.283 e. The molecule has 1 saturated carbocycles. The monoisotopic (exact) mass is 350 g/mol. The second-order valence-electron chi connectivity index (χ2n) is 6.72. The minimum atomic E-state index is -0.604. The Morgan fingerprint density at radius 3 is 1.96 bits per heavy atom. The molecule has 1 aliphatic carbocycles. The van der Waals surface area contributed by atoms with E-state index in [0.717, 1.165) is 54.1 Å². The molecule has 1 aromatic carbocycles. The summed E-state index contributed by atoms with van der Waals surface area (Å²) >= 11 is 0. The fourth-order valence-corrected chi connectivity index (χ4v) is 3.94. The van der Waals surface area contributed by atoms with E-state index >= 15 is 0 Å². The molecule has 0 unspecified atom stereocenters. The summed E-state index contributed by atoms with van der Waals surface area (Å²) in [6, 6.07) is 8.61. The molecule has 6 nitrogen and oxygen atoms in total. The zero-order valence-corrected chi connectivity index (χ0v) is 14.2. The molecule has 6 heteroatoms. The Kier molecular flexibility index (Phi) is 4.03. The summed E-state index contributed by atoms with van der Waals surface area (Å²) in [5.74, 6) is -2.28. The van der Waals surface area contributed by atoms with Gasteiger partial charge in [0.05, 0.1) is 11.3 Å². The number of nitrogens with zero attached hydrogens (tertiary/aromatic N) is 2. The smallest absolute Gasteiger partial charge is 0.269 e. The highest BCUT2D eigenvalue weighted by Gasteiger charge is 2.47. The number of para-hydroxylation sites is 1. The van der Waals surface area contributed by atoms with Gasteiger partial charge in [-0.15, -0.1) is 0 Å². The van der Waals surface area contributed by atoms with Crippen LogP contribution >= 0.6 is 0 Å². The average molecular weight is 350 g/mol. The van der Waals surface area contributed by atoms with Crippen LogP contribution in [0, 0.1) is 5.92 Å². The number of benzene rings is 1. The van der Waals surface area contributed by atoms with Gasteiger partial charge in [-0.1, -0.05) is 37.5 Å². The van der Waals surface area contributed by atoms with Gasteiger partial charge >= 0.3 is 0 Å². The molecule has 1 aromatic rings. The van der Waals surface area contributed by atoms with E-state index < -0.39 is 23.6 Å². The average Bonchev–Trinajstić information content (AvgIpc) is 3.12. The Balaban J connectivity index is 1.82. The Hall–Kier alpha value is -3.02. The zero-order chi connectivity index (χ0) is 18.3. The predicted octanol–water partition coefficient (Wildman–Crippen LogP) is 2.32. The normalized spacial score (nSPS) is 21.5. The molecule has 26 heavy (non-hydrogen) atoms. The van der Waals surface area contributed by atoms with E-state index in [9.17, 15) is 19.2 Å². The Morgan fingerprint density at radius 1 is 0.731 bits per heavy atom. The van der Waals surface area contributed by atoms with Crippen molar-refractivity contribution in [3.8, 4) is 0 Å². The second-order valence-corrected chi connectivity index (χ2v) is 6.72. The molecule has 4 rings (SSSR count). The van der Waals surface area contributed by atoms with Crippen molar-refractivity contribution in [2.24, 2.45) is 5.92 Å². The van der Waals surface area contributed by atoms with Crippen LogP contribution in [0.1, 0.15) is 32.1 Å². The minimum absolute atomic E-state index is 0.0641. The maximum atomic E-state index is 13.2. The lowest BCUT2D eigenvalue weighted by molar-refractivity contribution is -0.137. The van der Waals surface area contributed by atoms with Gasteiger partial charge in [-0.2, -0.15) is 0 Å². The fraction of sp³-hybridized carbons (Fsp3) is 0.300. The van der Waals surface area contributed by atoms with E-state index in [1.165, 1.54) is 0 Å². The summed E-state index contributed by atoms with van der Waals surface area (Å²) in [6.07, 6.45) is 6.86. The Labute approximate surface area is 150 Å². The van der Waals surface area contributed by atoms with Crippen molar-refractivity contribution < 1.29 is 19.2 Å². The van der Waals surface area contributed by atoms with E-state index in [2.05, 4.69) is 0 Å². The van der Waals surface area contributed by atoms with Gasteiger partial charge in [-0.25, -0.2) is 9.80 Å². The third kappa shape index (κ3) is 2.49. The van der Waals surface area contributed by atoms with E-state index in [1.807, 2.05) is 0 Å². The third-order valence-corrected chi connectivity index (χ3v) is 5.15. The number of amides is 4. The van der Waals surface area contributed by atoms with Crippen LogP contribution in [0.15, 0.2) is 53.8 Å². The first-order chi connectivity index (χ1) is 12.6. The summed E-state index contributed by atoms with van der Waals surface area (Å²) in [5.41, 5.74) is 0.688. The molecule has 0 N–H and O–H groups in total. The van der Waals surface area contributed by atoms with Crippen LogP contribution in [0.3, 0.4) is 0 Å². The molecule has 0 bridgehead atoms. The lowest BCUT2D eigenvalue weighted by atomic mass is 9.83. The summed E-state index contributed by atoms with van der Waals surface area (Å²) < 4.78 is 0. The van der Waals surface area contributed by atoms with E-state index in [4.69, 9.17) is 0 Å². The first kappa shape index (κ1) is 16.4. The first-order valence-corrected chi connectivity index (χ1v) is 8.83. The van der Waals surface area contributed by atoms with E-state index in [-0.39, 0.29) is 11.6 Å². The van der Waals surface area contributed by atoms with Crippen molar-refractivity contribution in [3.63, 3.8) is 0 Å². The van der Waals surface area contributed by atoms with Crippen molar-refractivity contribution in [3.05, 3.63) is 53.8 Å². The molecule has 0 radical (unpaired) electrons.